The molecule has 106 valence electrons. The molecule has 1 unspecified atom stereocenters. The van der Waals surface area contributed by atoms with Crippen molar-refractivity contribution in [1.82, 2.24) is 0 Å². The number of halogens is 1. The van der Waals surface area contributed by atoms with Crippen LogP contribution in [0.25, 0.3) is 0 Å². The predicted molar refractivity (Wildman–Crippen MR) is 85.3 cm³/mol. The quantitative estimate of drug-likeness (QED) is 0.813. The zero-order chi connectivity index (χ0) is 13.7. The summed E-state index contributed by atoms with van der Waals surface area (Å²) in [5.74, 6) is 0.533. The second-order valence-electron chi connectivity index (χ2n) is 5.02. The molecule has 0 amide bonds. The van der Waals surface area contributed by atoms with Gasteiger partial charge in [-0.25, -0.2) is 0 Å². The van der Waals surface area contributed by atoms with Gasteiger partial charge in [-0.05, 0) is 17.7 Å². The van der Waals surface area contributed by atoms with E-state index in [9.17, 15) is 4.79 Å². The Labute approximate surface area is 128 Å². The number of nitrogens with two attached hydrogens (primary N) is 1. The number of anilines is 1. The number of rotatable bonds is 0. The molecule has 0 aromatic heterocycles. The molecule has 0 aliphatic carbocycles. The lowest BCUT2D eigenvalue weighted by Gasteiger charge is -2.26. The van der Waals surface area contributed by atoms with Crippen molar-refractivity contribution in [2.24, 2.45) is 10.7 Å². The summed E-state index contributed by atoms with van der Waals surface area (Å²) in [6.07, 6.45) is 0. The van der Waals surface area contributed by atoms with Gasteiger partial charge >= 0.3 is 0 Å². The molecule has 0 radical (unpaired) electrons. The molecular formula is C16H14ClN3O. The molecule has 4 nitrogen and oxygen atoms in total. The van der Waals surface area contributed by atoms with E-state index in [4.69, 9.17) is 5.73 Å². The van der Waals surface area contributed by atoms with Crippen LogP contribution in [0.1, 0.15) is 27.5 Å². The molecule has 2 N–H and O–H groups in total. The van der Waals surface area contributed by atoms with E-state index in [2.05, 4.69) is 4.99 Å². The number of guanidine groups is 1. The van der Waals surface area contributed by atoms with Crippen LogP contribution in [0.5, 0.6) is 0 Å². The maximum Gasteiger partial charge on any atom is 0.196 e. The molecule has 0 spiro atoms. The summed E-state index contributed by atoms with van der Waals surface area (Å²) in [5, 5.41) is 0. The van der Waals surface area contributed by atoms with Crippen molar-refractivity contribution in [3.8, 4) is 0 Å². The Morgan fingerprint density at radius 3 is 2.52 bits per heavy atom. The molecule has 21 heavy (non-hydrogen) atoms. The lowest BCUT2D eigenvalue weighted by molar-refractivity contribution is 0.103. The summed E-state index contributed by atoms with van der Waals surface area (Å²) in [6, 6.07) is 15.3. The van der Waals surface area contributed by atoms with E-state index in [1.807, 2.05) is 53.4 Å². The number of hydrogen-bond donors (Lipinski definition) is 1. The van der Waals surface area contributed by atoms with Gasteiger partial charge in [-0.1, -0.05) is 36.4 Å². The standard InChI is InChI=1S/C16H13N3O.ClH/c17-16-18-9-14-10-5-1-2-6-11(10)15(20)12-7-3-4-8-13(12)19(14)16;/h1-8,14H,9H2,(H2,17,18);1H. The first kappa shape index (κ1) is 13.6. The fourth-order valence-electron chi connectivity index (χ4n) is 3.04. The highest BCUT2D eigenvalue weighted by molar-refractivity contribution is 6.17. The number of nitrogens with zero attached hydrogens (tertiary/aromatic N) is 2. The van der Waals surface area contributed by atoms with Crippen LogP contribution < -0.4 is 10.6 Å². The fraction of sp³-hybridized carbons (Fsp3) is 0.125. The SMILES string of the molecule is Cl.NC1=NCC2c3ccccc3C(=O)c3ccccc3N12. The smallest absolute Gasteiger partial charge is 0.196 e. The van der Waals surface area contributed by atoms with Crippen molar-refractivity contribution < 1.29 is 4.79 Å². The Morgan fingerprint density at radius 2 is 1.71 bits per heavy atom. The summed E-state index contributed by atoms with van der Waals surface area (Å²) >= 11 is 0. The van der Waals surface area contributed by atoms with Gasteiger partial charge in [0.2, 0.25) is 0 Å². The van der Waals surface area contributed by atoms with E-state index < -0.39 is 0 Å². The van der Waals surface area contributed by atoms with Crippen molar-refractivity contribution in [3.63, 3.8) is 0 Å². The van der Waals surface area contributed by atoms with E-state index in [0.29, 0.717) is 18.1 Å². The largest absolute Gasteiger partial charge is 0.369 e. The van der Waals surface area contributed by atoms with E-state index in [1.165, 1.54) is 0 Å². The van der Waals surface area contributed by atoms with E-state index in [0.717, 1.165) is 16.8 Å². The van der Waals surface area contributed by atoms with Crippen LogP contribution in [0.4, 0.5) is 5.69 Å². The minimum Gasteiger partial charge on any atom is -0.369 e. The van der Waals surface area contributed by atoms with Crippen LogP contribution in [0.2, 0.25) is 0 Å². The van der Waals surface area contributed by atoms with Crippen molar-refractivity contribution >= 4 is 29.8 Å². The Bertz CT molecular complexity index is 757. The summed E-state index contributed by atoms with van der Waals surface area (Å²) in [4.78, 5) is 19.1. The average Bonchev–Trinajstić information content (AvgIpc) is 2.83. The molecule has 0 fully saturated rings. The number of fused-ring (bicyclic) bond motifs is 5. The molecule has 2 heterocycles. The second-order valence-corrected chi connectivity index (χ2v) is 5.02. The molecule has 2 aromatic carbocycles. The molecule has 2 aliphatic rings. The predicted octanol–water partition coefficient (Wildman–Crippen LogP) is 2.53. The third-order valence-corrected chi connectivity index (χ3v) is 3.96. The van der Waals surface area contributed by atoms with Crippen LogP contribution in [0, 0.1) is 0 Å². The monoisotopic (exact) mass is 299 g/mol. The molecule has 0 saturated heterocycles. The zero-order valence-corrected chi connectivity index (χ0v) is 12.0. The number of hydrogen-bond acceptors (Lipinski definition) is 4. The third kappa shape index (κ3) is 1.83. The molecule has 5 heteroatoms. The number of carbonyl (C=O) groups excluding carboxylic acids is 1. The first-order valence-corrected chi connectivity index (χ1v) is 6.59. The van der Waals surface area contributed by atoms with E-state index in [-0.39, 0.29) is 24.2 Å². The van der Waals surface area contributed by atoms with Gasteiger partial charge in [-0.15, -0.1) is 12.4 Å². The van der Waals surface area contributed by atoms with E-state index >= 15 is 0 Å². The highest BCUT2D eigenvalue weighted by Gasteiger charge is 2.36. The topological polar surface area (TPSA) is 58.7 Å². The van der Waals surface area contributed by atoms with Crippen LogP contribution in [0.3, 0.4) is 0 Å². The minimum atomic E-state index is 0. The fourth-order valence-corrected chi connectivity index (χ4v) is 3.04. The number of aliphatic imine (C=N–C) groups is 1. The number of para-hydroxylation sites is 1. The average molecular weight is 300 g/mol. The summed E-state index contributed by atoms with van der Waals surface area (Å²) in [5.41, 5.74) is 9.31. The Kier molecular flexibility index (Phi) is 3.18. The van der Waals surface area contributed by atoms with Gasteiger partial charge < -0.3 is 10.6 Å². The summed E-state index contributed by atoms with van der Waals surface area (Å²) in [6.45, 7) is 0.588. The maximum absolute atomic E-state index is 12.8. The Balaban J connectivity index is 0.00000132. The van der Waals surface area contributed by atoms with Crippen LogP contribution in [-0.4, -0.2) is 18.3 Å². The van der Waals surface area contributed by atoms with Crippen molar-refractivity contribution in [3.05, 3.63) is 65.2 Å². The molecule has 0 bridgehead atoms. The van der Waals surface area contributed by atoms with Crippen molar-refractivity contribution in [2.45, 2.75) is 6.04 Å². The maximum atomic E-state index is 12.8. The highest BCUT2D eigenvalue weighted by atomic mass is 35.5. The van der Waals surface area contributed by atoms with Gasteiger partial charge in [0.05, 0.1) is 18.3 Å². The number of ketones is 1. The van der Waals surface area contributed by atoms with E-state index in [1.54, 1.807) is 0 Å². The van der Waals surface area contributed by atoms with Gasteiger partial charge in [-0.2, -0.15) is 0 Å². The minimum absolute atomic E-state index is 0. The molecule has 0 saturated carbocycles. The lowest BCUT2D eigenvalue weighted by Crippen LogP contribution is -2.36. The Morgan fingerprint density at radius 1 is 1.05 bits per heavy atom. The van der Waals surface area contributed by atoms with Crippen molar-refractivity contribution in [1.29, 1.82) is 0 Å². The second kappa shape index (κ2) is 4.90. The molecule has 2 aromatic rings. The lowest BCUT2D eigenvalue weighted by atomic mass is 9.96. The summed E-state index contributed by atoms with van der Waals surface area (Å²) in [7, 11) is 0. The van der Waals surface area contributed by atoms with Gasteiger partial charge in [0, 0.05) is 11.1 Å². The van der Waals surface area contributed by atoms with Gasteiger partial charge in [0.1, 0.15) is 0 Å². The van der Waals surface area contributed by atoms with Gasteiger partial charge in [-0.3, -0.25) is 9.79 Å². The van der Waals surface area contributed by atoms with Gasteiger partial charge in [0.25, 0.3) is 0 Å². The first-order valence-electron chi connectivity index (χ1n) is 6.59. The third-order valence-electron chi connectivity index (χ3n) is 3.96. The highest BCUT2D eigenvalue weighted by Crippen LogP contribution is 2.39. The van der Waals surface area contributed by atoms with Crippen LogP contribution in [-0.2, 0) is 0 Å². The summed E-state index contributed by atoms with van der Waals surface area (Å²) < 4.78 is 0. The van der Waals surface area contributed by atoms with Crippen molar-refractivity contribution in [2.75, 3.05) is 11.4 Å². The molecular weight excluding hydrogens is 286 g/mol. The zero-order valence-electron chi connectivity index (χ0n) is 11.2. The molecule has 4 rings (SSSR count). The normalized spacial score (nSPS) is 18.9. The number of benzene rings is 2. The molecule has 1 atom stereocenters. The Hall–Kier alpha value is -2.33. The number of carbonyl (C=O) groups is 1. The van der Waals surface area contributed by atoms with Gasteiger partial charge in [0.15, 0.2) is 11.7 Å². The molecule has 2 aliphatic heterocycles. The first-order chi connectivity index (χ1) is 9.77. The van der Waals surface area contributed by atoms with Crippen LogP contribution in [0.15, 0.2) is 53.5 Å². The van der Waals surface area contributed by atoms with Crippen LogP contribution >= 0.6 is 12.4 Å².